The Balaban J connectivity index is 1.97. The van der Waals surface area contributed by atoms with E-state index in [1.165, 1.54) is 10.9 Å². The quantitative estimate of drug-likeness (QED) is 0.780. The number of nitrogens with two attached hydrogens (primary N) is 1. The number of para-hydroxylation sites is 1. The van der Waals surface area contributed by atoms with Crippen LogP contribution in [0.5, 0.6) is 0 Å². The van der Waals surface area contributed by atoms with Crippen LogP contribution >= 0.6 is 0 Å². The minimum atomic E-state index is 0.107. The van der Waals surface area contributed by atoms with Crippen molar-refractivity contribution in [2.45, 2.75) is 39.4 Å². The van der Waals surface area contributed by atoms with Gasteiger partial charge in [-0.05, 0) is 19.9 Å². The first-order chi connectivity index (χ1) is 10.2. The van der Waals surface area contributed by atoms with Crippen molar-refractivity contribution in [2.24, 2.45) is 5.73 Å². The number of rotatable bonds is 5. The highest BCUT2D eigenvalue weighted by atomic mass is 15.3. The van der Waals surface area contributed by atoms with Gasteiger partial charge in [0.15, 0.2) is 0 Å². The zero-order chi connectivity index (χ0) is 14.8. The Bertz CT molecular complexity index is 738. The molecule has 5 heteroatoms. The van der Waals surface area contributed by atoms with Crippen LogP contribution in [0.2, 0.25) is 0 Å². The van der Waals surface area contributed by atoms with Crippen molar-refractivity contribution in [3.05, 3.63) is 48.2 Å². The number of aryl methyl sites for hydroxylation is 1. The van der Waals surface area contributed by atoms with Crippen molar-refractivity contribution < 1.29 is 0 Å². The third kappa shape index (κ3) is 2.69. The van der Waals surface area contributed by atoms with Gasteiger partial charge in [-0.3, -0.25) is 4.68 Å². The molecular weight excluding hydrogens is 262 g/mol. The molecule has 0 amide bonds. The molecule has 2 heterocycles. The lowest BCUT2D eigenvalue weighted by Gasteiger charge is -2.08. The Morgan fingerprint density at radius 3 is 2.86 bits per heavy atom. The third-order valence-electron chi connectivity index (χ3n) is 3.66. The minimum absolute atomic E-state index is 0.107. The van der Waals surface area contributed by atoms with Crippen LogP contribution in [0.15, 0.2) is 36.7 Å². The van der Waals surface area contributed by atoms with Crippen molar-refractivity contribution >= 4 is 10.9 Å². The predicted octanol–water partition coefficient (Wildman–Crippen LogP) is 2.19. The molecule has 2 N–H and O–H groups in total. The number of aromatic nitrogens is 4. The summed E-state index contributed by atoms with van der Waals surface area (Å²) in [7, 11) is 0. The second kappa shape index (κ2) is 5.69. The van der Waals surface area contributed by atoms with Gasteiger partial charge in [0.2, 0.25) is 0 Å². The fourth-order valence-corrected chi connectivity index (χ4v) is 2.68. The van der Waals surface area contributed by atoms with E-state index in [0.717, 1.165) is 31.0 Å². The van der Waals surface area contributed by atoms with Crippen molar-refractivity contribution in [3.8, 4) is 0 Å². The van der Waals surface area contributed by atoms with Gasteiger partial charge in [0.05, 0.1) is 17.8 Å². The zero-order valence-corrected chi connectivity index (χ0v) is 12.5. The Kier molecular flexibility index (Phi) is 3.75. The average Bonchev–Trinajstić information content (AvgIpc) is 3.04. The molecule has 0 fully saturated rings. The van der Waals surface area contributed by atoms with Crippen molar-refractivity contribution in [1.82, 2.24) is 19.3 Å². The highest BCUT2D eigenvalue weighted by molar-refractivity contribution is 5.81. The summed E-state index contributed by atoms with van der Waals surface area (Å²) in [5.41, 5.74) is 8.15. The normalized spacial score (nSPS) is 12.9. The van der Waals surface area contributed by atoms with E-state index < -0.39 is 0 Å². The molecule has 1 atom stereocenters. The van der Waals surface area contributed by atoms with Crippen LogP contribution in [0.4, 0.5) is 0 Å². The Labute approximate surface area is 124 Å². The maximum absolute atomic E-state index is 5.89. The molecule has 0 saturated heterocycles. The molecule has 0 aliphatic carbocycles. The highest BCUT2D eigenvalue weighted by Gasteiger charge is 2.12. The van der Waals surface area contributed by atoms with E-state index in [0.29, 0.717) is 0 Å². The Morgan fingerprint density at radius 2 is 2.10 bits per heavy atom. The second-order valence-electron chi connectivity index (χ2n) is 5.43. The van der Waals surface area contributed by atoms with Crippen LogP contribution in [-0.2, 0) is 19.5 Å². The van der Waals surface area contributed by atoms with Crippen molar-refractivity contribution in [3.63, 3.8) is 0 Å². The highest BCUT2D eigenvalue weighted by Crippen LogP contribution is 2.19. The number of imidazole rings is 1. The largest absolute Gasteiger partial charge is 0.329 e. The number of hydrogen-bond donors (Lipinski definition) is 1. The smallest absolute Gasteiger partial charge is 0.110 e. The molecule has 5 nitrogen and oxygen atoms in total. The number of fused-ring (bicyclic) bond motifs is 1. The standard InChI is InChI=1S/C16H21N5/c1-3-21-15-7-5-4-6-13(15)14(19-21)11-20-9-8-18-16(20)10-12(2)17/h4-9,12H,3,10-11,17H2,1-2H3. The summed E-state index contributed by atoms with van der Waals surface area (Å²) in [5.74, 6) is 1.01. The predicted molar refractivity (Wildman–Crippen MR) is 84.1 cm³/mol. The van der Waals surface area contributed by atoms with Crippen LogP contribution in [0.3, 0.4) is 0 Å². The van der Waals surface area contributed by atoms with Crippen LogP contribution in [0.1, 0.15) is 25.4 Å². The van der Waals surface area contributed by atoms with Crippen LogP contribution in [-0.4, -0.2) is 25.4 Å². The number of hydrogen-bond acceptors (Lipinski definition) is 3. The molecule has 0 radical (unpaired) electrons. The van der Waals surface area contributed by atoms with Gasteiger partial charge < -0.3 is 10.3 Å². The van der Waals surface area contributed by atoms with E-state index in [1.807, 2.05) is 24.0 Å². The monoisotopic (exact) mass is 283 g/mol. The van der Waals surface area contributed by atoms with Gasteiger partial charge in [0.25, 0.3) is 0 Å². The van der Waals surface area contributed by atoms with Gasteiger partial charge >= 0.3 is 0 Å². The molecule has 0 aliphatic heterocycles. The Morgan fingerprint density at radius 1 is 1.29 bits per heavy atom. The average molecular weight is 283 g/mol. The fraction of sp³-hybridized carbons (Fsp3) is 0.375. The molecule has 0 spiro atoms. The van der Waals surface area contributed by atoms with Crippen LogP contribution < -0.4 is 5.73 Å². The zero-order valence-electron chi connectivity index (χ0n) is 12.5. The lowest BCUT2D eigenvalue weighted by molar-refractivity contribution is 0.623. The molecule has 1 unspecified atom stereocenters. The molecule has 1 aromatic carbocycles. The van der Waals surface area contributed by atoms with Gasteiger partial charge in [-0.2, -0.15) is 5.10 Å². The summed E-state index contributed by atoms with van der Waals surface area (Å²) in [6, 6.07) is 8.47. The molecule has 2 aromatic heterocycles. The topological polar surface area (TPSA) is 61.7 Å². The van der Waals surface area contributed by atoms with Gasteiger partial charge in [0.1, 0.15) is 5.82 Å². The summed E-state index contributed by atoms with van der Waals surface area (Å²) < 4.78 is 4.19. The van der Waals surface area contributed by atoms with E-state index in [1.54, 1.807) is 0 Å². The maximum Gasteiger partial charge on any atom is 0.110 e. The maximum atomic E-state index is 5.89. The summed E-state index contributed by atoms with van der Waals surface area (Å²) >= 11 is 0. The fourth-order valence-electron chi connectivity index (χ4n) is 2.68. The van der Waals surface area contributed by atoms with Gasteiger partial charge in [-0.1, -0.05) is 18.2 Å². The van der Waals surface area contributed by atoms with E-state index in [2.05, 4.69) is 40.7 Å². The van der Waals surface area contributed by atoms with E-state index >= 15 is 0 Å². The first-order valence-corrected chi connectivity index (χ1v) is 7.39. The van der Waals surface area contributed by atoms with Crippen molar-refractivity contribution in [2.75, 3.05) is 0 Å². The lowest BCUT2D eigenvalue weighted by Crippen LogP contribution is -2.20. The molecule has 0 saturated carbocycles. The van der Waals surface area contributed by atoms with Gasteiger partial charge in [-0.25, -0.2) is 4.98 Å². The first kappa shape index (κ1) is 13.8. The molecule has 3 aromatic rings. The summed E-state index contributed by atoms with van der Waals surface area (Å²) in [5, 5.41) is 5.95. The van der Waals surface area contributed by atoms with Gasteiger partial charge in [-0.15, -0.1) is 0 Å². The molecule has 3 rings (SSSR count). The summed E-state index contributed by atoms with van der Waals surface area (Å²) in [4.78, 5) is 4.41. The first-order valence-electron chi connectivity index (χ1n) is 7.39. The van der Waals surface area contributed by atoms with Gasteiger partial charge in [0, 0.05) is 36.8 Å². The summed E-state index contributed by atoms with van der Waals surface area (Å²) in [6.45, 7) is 5.72. The van der Waals surface area contributed by atoms with E-state index in [9.17, 15) is 0 Å². The molecular formula is C16H21N5. The lowest BCUT2D eigenvalue weighted by atomic mass is 10.2. The van der Waals surface area contributed by atoms with E-state index in [-0.39, 0.29) is 6.04 Å². The summed E-state index contributed by atoms with van der Waals surface area (Å²) in [6.07, 6.45) is 4.60. The Hall–Kier alpha value is -2.14. The molecule has 21 heavy (non-hydrogen) atoms. The van der Waals surface area contributed by atoms with E-state index in [4.69, 9.17) is 10.8 Å². The van der Waals surface area contributed by atoms with Crippen LogP contribution in [0, 0.1) is 0 Å². The van der Waals surface area contributed by atoms with Crippen molar-refractivity contribution in [1.29, 1.82) is 0 Å². The SMILES string of the molecule is CCn1nc(Cn2ccnc2CC(C)N)c2ccccc21. The minimum Gasteiger partial charge on any atom is -0.329 e. The second-order valence-corrected chi connectivity index (χ2v) is 5.43. The van der Waals surface area contributed by atoms with Crippen LogP contribution in [0.25, 0.3) is 10.9 Å². The molecule has 110 valence electrons. The third-order valence-corrected chi connectivity index (χ3v) is 3.66. The number of nitrogens with zero attached hydrogens (tertiary/aromatic N) is 4. The molecule has 0 bridgehead atoms. The molecule has 0 aliphatic rings. The number of benzene rings is 1.